The number of anilines is 1. The third kappa shape index (κ3) is 3.53. The Kier molecular flexibility index (Phi) is 3.77. The first-order chi connectivity index (χ1) is 9.31. The lowest BCUT2D eigenvalue weighted by molar-refractivity contribution is 0.591. The zero-order valence-corrected chi connectivity index (χ0v) is 12.2. The molecule has 2 aromatic rings. The zero-order valence-electron chi connectivity index (χ0n) is 10.6. The lowest BCUT2D eigenvalue weighted by Gasteiger charge is -2.07. The first kappa shape index (κ1) is 12.6. The largest absolute Gasteiger partial charge is 0.370 e. The summed E-state index contributed by atoms with van der Waals surface area (Å²) in [6.45, 7) is 1.80. The summed E-state index contributed by atoms with van der Waals surface area (Å²) < 4.78 is 2.80. The molecule has 0 unspecified atom stereocenters. The molecule has 1 aliphatic rings. The van der Waals surface area contributed by atoms with Gasteiger partial charge in [-0.05, 0) is 41.3 Å². The maximum Gasteiger partial charge on any atom is 0.135 e. The van der Waals surface area contributed by atoms with Gasteiger partial charge in [0.1, 0.15) is 16.2 Å². The number of aryl methyl sites for hydroxylation is 1. The van der Waals surface area contributed by atoms with Crippen molar-refractivity contribution in [3.63, 3.8) is 0 Å². The molecule has 0 saturated heterocycles. The molecule has 1 N–H and O–H groups in total. The van der Waals surface area contributed by atoms with E-state index < -0.39 is 0 Å². The van der Waals surface area contributed by atoms with Gasteiger partial charge in [0.15, 0.2) is 0 Å². The molecule has 2 heterocycles. The van der Waals surface area contributed by atoms with Crippen LogP contribution in [0.2, 0.25) is 0 Å². The average Bonchev–Trinajstić information content (AvgIpc) is 3.12. The van der Waals surface area contributed by atoms with E-state index in [2.05, 4.69) is 36.3 Å². The third-order valence-corrected chi connectivity index (χ3v) is 3.49. The van der Waals surface area contributed by atoms with Crippen LogP contribution < -0.4 is 5.32 Å². The molecule has 5 nitrogen and oxygen atoms in total. The highest BCUT2D eigenvalue weighted by Crippen LogP contribution is 2.38. The molecule has 1 fully saturated rings. The summed E-state index contributed by atoms with van der Waals surface area (Å²) in [5.74, 6) is 2.44. The number of aromatic nitrogens is 4. The van der Waals surface area contributed by atoms with E-state index in [4.69, 9.17) is 0 Å². The molecule has 0 radical (unpaired) electrons. The van der Waals surface area contributed by atoms with Crippen LogP contribution in [-0.2, 0) is 6.54 Å². The molecular formula is C13H16BrN5. The van der Waals surface area contributed by atoms with Crippen LogP contribution in [0, 0.1) is 0 Å². The maximum atomic E-state index is 4.56. The molecule has 0 bridgehead atoms. The summed E-state index contributed by atoms with van der Waals surface area (Å²) in [7, 11) is 0. The minimum absolute atomic E-state index is 0.571. The van der Waals surface area contributed by atoms with Crippen molar-refractivity contribution in [3.8, 4) is 0 Å². The smallest absolute Gasteiger partial charge is 0.135 e. The average molecular weight is 322 g/mol. The molecule has 0 aromatic carbocycles. The highest BCUT2D eigenvalue weighted by Gasteiger charge is 2.27. The monoisotopic (exact) mass is 321 g/mol. The van der Waals surface area contributed by atoms with E-state index >= 15 is 0 Å². The van der Waals surface area contributed by atoms with Crippen molar-refractivity contribution >= 4 is 21.7 Å². The number of rotatable bonds is 6. The summed E-state index contributed by atoms with van der Waals surface area (Å²) in [6, 6.07) is 3.87. The fourth-order valence-corrected chi connectivity index (χ4v) is 2.34. The van der Waals surface area contributed by atoms with Gasteiger partial charge in [0.05, 0.1) is 0 Å². The van der Waals surface area contributed by atoms with Crippen molar-refractivity contribution in [1.29, 1.82) is 0 Å². The Labute approximate surface area is 120 Å². The highest BCUT2D eigenvalue weighted by atomic mass is 79.9. The van der Waals surface area contributed by atoms with E-state index in [1.165, 1.54) is 12.8 Å². The van der Waals surface area contributed by atoms with Gasteiger partial charge in [0.2, 0.25) is 0 Å². The molecule has 3 rings (SSSR count). The number of hydrogen-bond donors (Lipinski definition) is 1. The number of hydrogen-bond acceptors (Lipinski definition) is 4. The summed E-state index contributed by atoms with van der Waals surface area (Å²) >= 11 is 3.44. The van der Waals surface area contributed by atoms with E-state index in [9.17, 15) is 0 Å². The summed E-state index contributed by atoms with van der Waals surface area (Å²) in [5.41, 5.74) is 0. The van der Waals surface area contributed by atoms with Crippen molar-refractivity contribution in [2.24, 2.45) is 0 Å². The first-order valence-corrected chi connectivity index (χ1v) is 7.36. The second-order valence-electron chi connectivity index (χ2n) is 4.76. The van der Waals surface area contributed by atoms with Crippen LogP contribution in [0.3, 0.4) is 0 Å². The van der Waals surface area contributed by atoms with Gasteiger partial charge in [-0.3, -0.25) is 4.68 Å². The number of nitrogens with zero attached hydrogens (tertiary/aromatic N) is 4. The van der Waals surface area contributed by atoms with Crippen LogP contribution in [-0.4, -0.2) is 26.3 Å². The summed E-state index contributed by atoms with van der Waals surface area (Å²) in [5, 5.41) is 7.52. The molecule has 0 spiro atoms. The predicted molar refractivity (Wildman–Crippen MR) is 77.0 cm³/mol. The molecule has 2 aromatic heterocycles. The van der Waals surface area contributed by atoms with E-state index in [1.54, 1.807) is 6.20 Å². The summed E-state index contributed by atoms with van der Waals surface area (Å²) in [6.07, 6.45) is 7.23. The van der Waals surface area contributed by atoms with Crippen LogP contribution in [0.1, 0.15) is 31.0 Å². The molecule has 0 amide bonds. The van der Waals surface area contributed by atoms with Crippen LogP contribution in [0.15, 0.2) is 29.1 Å². The third-order valence-electron chi connectivity index (χ3n) is 3.08. The SMILES string of the molecule is Brc1cc(NCCCn2cccn2)nc(C2CC2)n1. The number of nitrogens with one attached hydrogen (secondary N) is 1. The highest BCUT2D eigenvalue weighted by molar-refractivity contribution is 9.10. The quantitative estimate of drug-likeness (QED) is 0.656. The van der Waals surface area contributed by atoms with Gasteiger partial charge in [0, 0.05) is 37.5 Å². The Hall–Kier alpha value is -1.43. The van der Waals surface area contributed by atoms with Gasteiger partial charge in [-0.25, -0.2) is 9.97 Å². The minimum Gasteiger partial charge on any atom is -0.370 e. The lowest BCUT2D eigenvalue weighted by Crippen LogP contribution is -2.09. The van der Waals surface area contributed by atoms with Crippen molar-refractivity contribution in [2.45, 2.75) is 31.7 Å². The molecule has 19 heavy (non-hydrogen) atoms. The van der Waals surface area contributed by atoms with Gasteiger partial charge >= 0.3 is 0 Å². The van der Waals surface area contributed by atoms with Crippen LogP contribution >= 0.6 is 15.9 Å². The molecule has 0 atom stereocenters. The molecule has 0 aliphatic heterocycles. The normalized spacial score (nSPS) is 14.6. The lowest BCUT2D eigenvalue weighted by atomic mass is 10.4. The van der Waals surface area contributed by atoms with Crippen molar-refractivity contribution in [2.75, 3.05) is 11.9 Å². The minimum atomic E-state index is 0.571. The van der Waals surface area contributed by atoms with E-state index in [-0.39, 0.29) is 0 Å². The second-order valence-corrected chi connectivity index (χ2v) is 5.57. The number of halogens is 1. The van der Waals surface area contributed by atoms with E-state index in [0.717, 1.165) is 35.8 Å². The van der Waals surface area contributed by atoms with Crippen molar-refractivity contribution in [1.82, 2.24) is 19.7 Å². The Bertz CT molecular complexity index is 536. The maximum absolute atomic E-state index is 4.56. The van der Waals surface area contributed by atoms with E-state index in [0.29, 0.717) is 5.92 Å². The van der Waals surface area contributed by atoms with Crippen LogP contribution in [0.4, 0.5) is 5.82 Å². The van der Waals surface area contributed by atoms with Crippen LogP contribution in [0.25, 0.3) is 0 Å². The fourth-order valence-electron chi connectivity index (χ4n) is 1.94. The molecular weight excluding hydrogens is 306 g/mol. The first-order valence-electron chi connectivity index (χ1n) is 6.57. The Morgan fingerprint density at radius 1 is 1.37 bits per heavy atom. The van der Waals surface area contributed by atoms with Gasteiger partial charge in [-0.1, -0.05) is 0 Å². The molecule has 1 aliphatic carbocycles. The zero-order chi connectivity index (χ0) is 13.1. The van der Waals surface area contributed by atoms with Crippen molar-refractivity contribution in [3.05, 3.63) is 35.0 Å². The molecule has 6 heteroatoms. The van der Waals surface area contributed by atoms with Gasteiger partial charge in [0.25, 0.3) is 0 Å². The molecule has 1 saturated carbocycles. The Morgan fingerprint density at radius 2 is 2.26 bits per heavy atom. The molecule has 100 valence electrons. The standard InChI is InChI=1S/C13H16BrN5/c14-11-9-12(18-13(17-11)10-3-4-10)15-5-1-7-19-8-2-6-16-19/h2,6,8-10H,1,3-5,7H2,(H,15,17,18). The Balaban J connectivity index is 1.51. The topological polar surface area (TPSA) is 55.6 Å². The van der Waals surface area contributed by atoms with Gasteiger partial charge in [-0.2, -0.15) is 5.10 Å². The summed E-state index contributed by atoms with van der Waals surface area (Å²) in [4.78, 5) is 8.97. The predicted octanol–water partition coefficient (Wildman–Crippen LogP) is 2.82. The van der Waals surface area contributed by atoms with Gasteiger partial charge in [-0.15, -0.1) is 0 Å². The van der Waals surface area contributed by atoms with Gasteiger partial charge < -0.3 is 5.32 Å². The van der Waals surface area contributed by atoms with Crippen molar-refractivity contribution < 1.29 is 0 Å². The second kappa shape index (κ2) is 5.69. The Morgan fingerprint density at radius 3 is 3.00 bits per heavy atom. The van der Waals surface area contributed by atoms with Crippen LogP contribution in [0.5, 0.6) is 0 Å². The van der Waals surface area contributed by atoms with E-state index in [1.807, 2.05) is 23.0 Å². The fraction of sp³-hybridized carbons (Fsp3) is 0.462.